The topological polar surface area (TPSA) is 9.23 Å². The lowest BCUT2D eigenvalue weighted by molar-refractivity contribution is -0.360. The van der Waals surface area contributed by atoms with E-state index < -0.39 is 18.0 Å². The summed E-state index contributed by atoms with van der Waals surface area (Å²) in [5.74, 6) is -0.452. The quantitative estimate of drug-likeness (QED) is 0.730. The molecule has 1 aromatic carbocycles. The first-order chi connectivity index (χ1) is 7.28. The average molecular weight is 240 g/mol. The highest BCUT2D eigenvalue weighted by molar-refractivity contribution is 5.33. The monoisotopic (exact) mass is 240 g/mol. The Labute approximate surface area is 88.8 Å². The zero-order valence-corrected chi connectivity index (χ0v) is 8.31. The van der Waals surface area contributed by atoms with Gasteiger partial charge in [-0.1, -0.05) is 25.1 Å². The summed E-state index contributed by atoms with van der Waals surface area (Å²) in [5.41, 5.74) is 0.298. The fourth-order valence-corrected chi connectivity index (χ4v) is 1.09. The molecule has 0 heterocycles. The minimum atomic E-state index is -5.71. The molecule has 0 saturated heterocycles. The number of aryl methyl sites for hydroxylation is 1. The van der Waals surface area contributed by atoms with Crippen molar-refractivity contribution in [3.05, 3.63) is 29.8 Å². The summed E-state index contributed by atoms with van der Waals surface area (Å²) >= 11 is 0. The molecular weight excluding hydrogens is 231 g/mol. The Morgan fingerprint density at radius 1 is 1.06 bits per heavy atom. The molecule has 90 valence electrons. The highest BCUT2D eigenvalue weighted by atomic mass is 19.4. The Balaban J connectivity index is 2.96. The molecule has 0 amide bonds. The summed E-state index contributed by atoms with van der Waals surface area (Å²) in [4.78, 5) is 0. The summed E-state index contributed by atoms with van der Waals surface area (Å²) in [7, 11) is 0. The number of benzene rings is 1. The van der Waals surface area contributed by atoms with Gasteiger partial charge >= 0.3 is 12.3 Å². The maximum atomic E-state index is 12.6. The zero-order chi connectivity index (χ0) is 12.4. The SMILES string of the molecule is CCc1ccccc1OC(F)(F)C(F)(F)F. The highest BCUT2D eigenvalue weighted by Crippen LogP contribution is 2.38. The molecule has 0 N–H and O–H groups in total. The number of para-hydroxylation sites is 1. The van der Waals surface area contributed by atoms with Crippen LogP contribution in [0.2, 0.25) is 0 Å². The van der Waals surface area contributed by atoms with Gasteiger partial charge in [-0.25, -0.2) is 0 Å². The van der Waals surface area contributed by atoms with E-state index in [9.17, 15) is 22.0 Å². The first kappa shape index (κ1) is 12.7. The smallest absolute Gasteiger partial charge is 0.425 e. The molecule has 0 radical (unpaired) electrons. The van der Waals surface area contributed by atoms with Crippen molar-refractivity contribution in [3.63, 3.8) is 0 Å². The lowest BCUT2D eigenvalue weighted by atomic mass is 10.1. The van der Waals surface area contributed by atoms with Gasteiger partial charge < -0.3 is 4.74 Å². The maximum Gasteiger partial charge on any atom is 0.499 e. The van der Waals surface area contributed by atoms with E-state index in [1.807, 2.05) is 0 Å². The molecule has 1 nitrogen and oxygen atoms in total. The molecule has 6 heteroatoms. The van der Waals surface area contributed by atoms with Crippen LogP contribution in [-0.4, -0.2) is 12.3 Å². The summed E-state index contributed by atoms with van der Waals surface area (Å²) in [5, 5.41) is 0. The molecule has 16 heavy (non-hydrogen) atoms. The van der Waals surface area contributed by atoms with Crippen LogP contribution in [0.4, 0.5) is 22.0 Å². The predicted octanol–water partition coefficient (Wildman–Crippen LogP) is 3.78. The summed E-state index contributed by atoms with van der Waals surface area (Å²) in [6, 6.07) is 5.39. The zero-order valence-electron chi connectivity index (χ0n) is 8.31. The van der Waals surface area contributed by atoms with E-state index in [0.717, 1.165) is 6.07 Å². The Morgan fingerprint density at radius 2 is 1.62 bits per heavy atom. The van der Waals surface area contributed by atoms with Gasteiger partial charge in [-0.05, 0) is 18.1 Å². The molecule has 0 unspecified atom stereocenters. The number of ether oxygens (including phenoxy) is 1. The Hall–Kier alpha value is -1.33. The molecule has 1 rings (SSSR count). The molecule has 0 aliphatic heterocycles. The molecule has 0 saturated carbocycles. The van der Waals surface area contributed by atoms with Crippen molar-refractivity contribution < 1.29 is 26.7 Å². The molecule has 0 bridgehead atoms. The van der Waals surface area contributed by atoms with E-state index >= 15 is 0 Å². The number of hydrogen-bond donors (Lipinski definition) is 0. The van der Waals surface area contributed by atoms with Crippen LogP contribution in [0.3, 0.4) is 0 Å². The normalized spacial score (nSPS) is 12.6. The van der Waals surface area contributed by atoms with Crippen molar-refractivity contribution in [2.45, 2.75) is 25.6 Å². The third-order valence-corrected chi connectivity index (χ3v) is 1.92. The van der Waals surface area contributed by atoms with Crippen LogP contribution in [0.1, 0.15) is 12.5 Å². The van der Waals surface area contributed by atoms with E-state index in [-0.39, 0.29) is 0 Å². The van der Waals surface area contributed by atoms with Gasteiger partial charge in [0.2, 0.25) is 0 Å². The van der Waals surface area contributed by atoms with Gasteiger partial charge in [-0.2, -0.15) is 22.0 Å². The van der Waals surface area contributed by atoms with E-state index in [4.69, 9.17) is 0 Å². The molecule has 0 aliphatic carbocycles. The van der Waals surface area contributed by atoms with Gasteiger partial charge in [0.1, 0.15) is 5.75 Å². The summed E-state index contributed by atoms with van der Waals surface area (Å²) in [6.45, 7) is 1.63. The fraction of sp³-hybridized carbons (Fsp3) is 0.400. The van der Waals surface area contributed by atoms with Gasteiger partial charge in [-0.3, -0.25) is 0 Å². The average Bonchev–Trinajstić information content (AvgIpc) is 2.16. The predicted molar refractivity (Wildman–Crippen MR) is 47.5 cm³/mol. The highest BCUT2D eigenvalue weighted by Gasteiger charge is 2.61. The van der Waals surface area contributed by atoms with Crippen molar-refractivity contribution in [1.82, 2.24) is 0 Å². The number of halogens is 5. The molecular formula is C10H9F5O. The van der Waals surface area contributed by atoms with Crippen LogP contribution in [-0.2, 0) is 6.42 Å². The molecule has 0 atom stereocenters. The van der Waals surface area contributed by atoms with E-state index in [1.54, 1.807) is 6.92 Å². The molecule has 0 aliphatic rings. The maximum absolute atomic E-state index is 12.6. The standard InChI is InChI=1S/C10H9F5O/c1-2-7-5-3-4-6-8(7)16-10(14,15)9(11,12)13/h3-6H,2H2,1H3. The summed E-state index contributed by atoms with van der Waals surface area (Å²) in [6.07, 6.45) is -10.6. The second kappa shape index (κ2) is 4.27. The van der Waals surface area contributed by atoms with Crippen LogP contribution in [0.5, 0.6) is 5.75 Å². The van der Waals surface area contributed by atoms with Gasteiger partial charge in [0, 0.05) is 0 Å². The minimum absolute atomic E-state index is 0.298. The first-order valence-electron chi connectivity index (χ1n) is 4.49. The van der Waals surface area contributed by atoms with Gasteiger partial charge in [0.05, 0.1) is 0 Å². The van der Waals surface area contributed by atoms with Crippen LogP contribution < -0.4 is 4.74 Å². The fourth-order valence-electron chi connectivity index (χ4n) is 1.09. The van der Waals surface area contributed by atoms with E-state index in [0.29, 0.717) is 12.0 Å². The van der Waals surface area contributed by atoms with E-state index in [2.05, 4.69) is 4.74 Å². The van der Waals surface area contributed by atoms with E-state index in [1.165, 1.54) is 18.2 Å². The van der Waals surface area contributed by atoms with Crippen molar-refractivity contribution >= 4 is 0 Å². The molecule has 0 spiro atoms. The van der Waals surface area contributed by atoms with Gasteiger partial charge in [-0.15, -0.1) is 0 Å². The van der Waals surface area contributed by atoms with Gasteiger partial charge in [0.15, 0.2) is 0 Å². The van der Waals surface area contributed by atoms with Crippen molar-refractivity contribution in [3.8, 4) is 5.75 Å². The van der Waals surface area contributed by atoms with Crippen LogP contribution >= 0.6 is 0 Å². The molecule has 0 fully saturated rings. The largest absolute Gasteiger partial charge is 0.499 e. The number of rotatable bonds is 3. The third kappa shape index (κ3) is 2.62. The second-order valence-electron chi connectivity index (χ2n) is 3.08. The Kier molecular flexibility index (Phi) is 3.40. The van der Waals surface area contributed by atoms with Crippen LogP contribution in [0, 0.1) is 0 Å². The lowest BCUT2D eigenvalue weighted by Crippen LogP contribution is -2.42. The number of alkyl halides is 5. The van der Waals surface area contributed by atoms with Crippen LogP contribution in [0.15, 0.2) is 24.3 Å². The Bertz CT molecular complexity index is 358. The third-order valence-electron chi connectivity index (χ3n) is 1.92. The molecule has 1 aromatic rings. The van der Waals surface area contributed by atoms with Crippen molar-refractivity contribution in [2.24, 2.45) is 0 Å². The molecule has 0 aromatic heterocycles. The second-order valence-corrected chi connectivity index (χ2v) is 3.08. The number of hydrogen-bond acceptors (Lipinski definition) is 1. The minimum Gasteiger partial charge on any atom is -0.425 e. The first-order valence-corrected chi connectivity index (χ1v) is 4.49. The lowest BCUT2D eigenvalue weighted by Gasteiger charge is -2.21. The Morgan fingerprint density at radius 3 is 2.12 bits per heavy atom. The van der Waals surface area contributed by atoms with Gasteiger partial charge in [0.25, 0.3) is 0 Å². The summed E-state index contributed by atoms with van der Waals surface area (Å²) < 4.78 is 64.5. The van der Waals surface area contributed by atoms with Crippen LogP contribution in [0.25, 0.3) is 0 Å². The van der Waals surface area contributed by atoms with Crippen molar-refractivity contribution in [1.29, 1.82) is 0 Å². The van der Waals surface area contributed by atoms with Crippen molar-refractivity contribution in [2.75, 3.05) is 0 Å².